The van der Waals surface area contributed by atoms with Crippen LogP contribution in [-0.2, 0) is 9.53 Å². The minimum absolute atomic E-state index is 0.0922. The van der Waals surface area contributed by atoms with Gasteiger partial charge < -0.3 is 15.4 Å². The Kier molecular flexibility index (Phi) is 7.15. The van der Waals surface area contributed by atoms with Crippen LogP contribution in [0.4, 0.5) is 4.79 Å². The van der Waals surface area contributed by atoms with Gasteiger partial charge in [0.1, 0.15) is 11.6 Å². The number of rotatable bonds is 6. The monoisotopic (exact) mass is 348 g/mol. The number of hydrogen-bond acceptors (Lipinski definition) is 4. The number of Topliss-reactive ketones (excluding diaryl/α,β-unsaturated/α-hetero) is 1. The van der Waals surface area contributed by atoms with Crippen LogP contribution in [-0.4, -0.2) is 35.5 Å². The third-order valence-corrected chi connectivity index (χ3v) is 3.43. The molecule has 6 nitrogen and oxygen atoms in total. The molecule has 1 rings (SSSR count). The van der Waals surface area contributed by atoms with Gasteiger partial charge in [-0.2, -0.15) is 0 Å². The van der Waals surface area contributed by atoms with Crippen LogP contribution in [0.15, 0.2) is 30.3 Å². The van der Waals surface area contributed by atoms with Gasteiger partial charge in [0.15, 0.2) is 5.78 Å². The lowest BCUT2D eigenvalue weighted by Gasteiger charge is -2.25. The van der Waals surface area contributed by atoms with Gasteiger partial charge in [0.2, 0.25) is 5.91 Å². The van der Waals surface area contributed by atoms with Crippen molar-refractivity contribution in [2.75, 3.05) is 0 Å². The van der Waals surface area contributed by atoms with Gasteiger partial charge in [-0.25, -0.2) is 4.79 Å². The normalized spacial score (nSPS) is 13.7. The Morgan fingerprint density at radius 3 is 2.00 bits per heavy atom. The standard InChI is InChI=1S/C19H28N2O4/c1-12(2)15(16(22)14-10-8-7-9-11-14)21-17(23)13(3)20-18(24)25-19(4,5)6/h7-13,15H,1-6H3,(H,20,24)(H,21,23)/t13-,15+/m0/s1. The molecule has 0 spiro atoms. The molecule has 0 radical (unpaired) electrons. The fourth-order valence-corrected chi connectivity index (χ4v) is 2.15. The molecule has 0 unspecified atom stereocenters. The van der Waals surface area contributed by atoms with Gasteiger partial charge >= 0.3 is 6.09 Å². The third kappa shape index (κ3) is 6.95. The third-order valence-electron chi connectivity index (χ3n) is 3.43. The summed E-state index contributed by atoms with van der Waals surface area (Å²) in [5.74, 6) is -0.687. The summed E-state index contributed by atoms with van der Waals surface area (Å²) in [6.07, 6.45) is -0.675. The van der Waals surface area contributed by atoms with Crippen LogP contribution < -0.4 is 10.6 Å². The summed E-state index contributed by atoms with van der Waals surface area (Å²) in [7, 11) is 0. The molecule has 0 aliphatic heterocycles. The first-order valence-corrected chi connectivity index (χ1v) is 8.40. The second-order valence-electron chi connectivity index (χ2n) is 7.33. The van der Waals surface area contributed by atoms with Gasteiger partial charge in [-0.05, 0) is 33.6 Å². The first kappa shape index (κ1) is 20.7. The average Bonchev–Trinajstić information content (AvgIpc) is 2.50. The van der Waals surface area contributed by atoms with Crippen molar-refractivity contribution in [2.45, 2.75) is 59.2 Å². The maximum atomic E-state index is 12.6. The molecule has 0 heterocycles. The fourth-order valence-electron chi connectivity index (χ4n) is 2.15. The summed E-state index contributed by atoms with van der Waals surface area (Å²) >= 11 is 0. The lowest BCUT2D eigenvalue weighted by Crippen LogP contribution is -2.52. The van der Waals surface area contributed by atoms with Gasteiger partial charge in [-0.15, -0.1) is 0 Å². The molecule has 6 heteroatoms. The van der Waals surface area contributed by atoms with Crippen LogP contribution in [0, 0.1) is 5.92 Å². The lowest BCUT2D eigenvalue weighted by atomic mass is 9.94. The summed E-state index contributed by atoms with van der Waals surface area (Å²) < 4.78 is 5.13. The Bertz CT molecular complexity index is 606. The molecule has 0 aliphatic carbocycles. The van der Waals surface area contributed by atoms with E-state index in [1.165, 1.54) is 0 Å². The molecule has 0 aliphatic rings. The van der Waals surface area contributed by atoms with E-state index < -0.39 is 29.7 Å². The summed E-state index contributed by atoms with van der Waals surface area (Å²) in [5, 5.41) is 5.20. The molecule has 2 atom stereocenters. The van der Waals surface area contributed by atoms with Crippen molar-refractivity contribution in [1.29, 1.82) is 0 Å². The number of amides is 2. The highest BCUT2D eigenvalue weighted by Crippen LogP contribution is 2.11. The van der Waals surface area contributed by atoms with Gasteiger partial charge in [0, 0.05) is 5.56 Å². The smallest absolute Gasteiger partial charge is 0.408 e. The van der Waals surface area contributed by atoms with E-state index in [9.17, 15) is 14.4 Å². The average molecular weight is 348 g/mol. The van der Waals surface area contributed by atoms with Crippen molar-refractivity contribution in [3.8, 4) is 0 Å². The van der Waals surface area contributed by atoms with Crippen LogP contribution in [0.2, 0.25) is 0 Å². The number of nitrogens with one attached hydrogen (secondary N) is 2. The molecule has 25 heavy (non-hydrogen) atoms. The summed E-state index contributed by atoms with van der Waals surface area (Å²) in [6.45, 7) is 10.5. The van der Waals surface area contributed by atoms with E-state index in [1.54, 1.807) is 52.0 Å². The minimum atomic E-state index is -0.820. The molecule has 2 amide bonds. The van der Waals surface area contributed by atoms with E-state index in [1.807, 2.05) is 19.9 Å². The van der Waals surface area contributed by atoms with E-state index >= 15 is 0 Å². The maximum Gasteiger partial charge on any atom is 0.408 e. The van der Waals surface area contributed by atoms with Gasteiger partial charge in [-0.3, -0.25) is 9.59 Å². The van der Waals surface area contributed by atoms with Crippen molar-refractivity contribution >= 4 is 17.8 Å². The first-order chi connectivity index (χ1) is 11.5. The van der Waals surface area contributed by atoms with Crippen LogP contribution in [0.5, 0.6) is 0 Å². The maximum absolute atomic E-state index is 12.6. The van der Waals surface area contributed by atoms with Crippen LogP contribution >= 0.6 is 0 Å². The topological polar surface area (TPSA) is 84.5 Å². The van der Waals surface area contributed by atoms with Crippen molar-refractivity contribution < 1.29 is 19.1 Å². The molecule has 1 aromatic carbocycles. The summed E-state index contributed by atoms with van der Waals surface area (Å²) in [6, 6.07) is 7.32. The zero-order chi connectivity index (χ0) is 19.2. The number of ketones is 1. The molecule has 0 saturated carbocycles. The van der Waals surface area contributed by atoms with E-state index in [4.69, 9.17) is 4.74 Å². The molecule has 0 aromatic heterocycles. The van der Waals surface area contributed by atoms with Gasteiger partial charge in [0.25, 0.3) is 0 Å². The number of alkyl carbamates (subject to hydrolysis) is 1. The number of benzene rings is 1. The van der Waals surface area contributed by atoms with E-state index in [0.717, 1.165) is 0 Å². The van der Waals surface area contributed by atoms with Crippen LogP contribution in [0.1, 0.15) is 51.9 Å². The zero-order valence-electron chi connectivity index (χ0n) is 15.8. The summed E-state index contributed by atoms with van der Waals surface area (Å²) in [4.78, 5) is 36.8. The largest absolute Gasteiger partial charge is 0.444 e. The molecular weight excluding hydrogens is 320 g/mol. The zero-order valence-corrected chi connectivity index (χ0v) is 15.8. The molecule has 2 N–H and O–H groups in total. The Balaban J connectivity index is 2.73. The minimum Gasteiger partial charge on any atom is -0.444 e. The molecule has 1 aromatic rings. The second kappa shape index (κ2) is 8.65. The highest BCUT2D eigenvalue weighted by Gasteiger charge is 2.28. The van der Waals surface area contributed by atoms with Gasteiger partial charge in [-0.1, -0.05) is 44.2 Å². The highest BCUT2D eigenvalue weighted by atomic mass is 16.6. The molecule has 0 fully saturated rings. The lowest BCUT2D eigenvalue weighted by molar-refractivity contribution is -0.123. The number of hydrogen-bond donors (Lipinski definition) is 2. The fraction of sp³-hybridized carbons (Fsp3) is 0.526. The molecule has 0 bridgehead atoms. The predicted octanol–water partition coefficient (Wildman–Crippen LogP) is 2.92. The number of carbonyl (C=O) groups is 3. The molecular formula is C19H28N2O4. The van der Waals surface area contributed by atoms with E-state index in [-0.39, 0.29) is 11.7 Å². The second-order valence-corrected chi connectivity index (χ2v) is 7.33. The Hall–Kier alpha value is -2.37. The predicted molar refractivity (Wildman–Crippen MR) is 96.4 cm³/mol. The Labute approximate surface area is 149 Å². The van der Waals surface area contributed by atoms with Crippen molar-refractivity contribution in [3.63, 3.8) is 0 Å². The molecule has 0 saturated heterocycles. The van der Waals surface area contributed by atoms with Gasteiger partial charge in [0.05, 0.1) is 6.04 Å². The Morgan fingerprint density at radius 1 is 0.960 bits per heavy atom. The van der Waals surface area contributed by atoms with Crippen molar-refractivity contribution in [2.24, 2.45) is 5.92 Å². The van der Waals surface area contributed by atoms with Crippen molar-refractivity contribution in [1.82, 2.24) is 10.6 Å². The molecule has 138 valence electrons. The number of ether oxygens (including phenoxy) is 1. The van der Waals surface area contributed by atoms with Crippen molar-refractivity contribution in [3.05, 3.63) is 35.9 Å². The first-order valence-electron chi connectivity index (χ1n) is 8.40. The quantitative estimate of drug-likeness (QED) is 0.774. The Morgan fingerprint density at radius 2 is 1.52 bits per heavy atom. The summed E-state index contributed by atoms with van der Waals surface area (Å²) in [5.41, 5.74) is -0.112. The highest BCUT2D eigenvalue weighted by molar-refractivity contribution is 6.02. The number of carbonyl (C=O) groups excluding carboxylic acids is 3. The van der Waals surface area contributed by atoms with E-state index in [0.29, 0.717) is 5.56 Å². The van der Waals surface area contributed by atoms with Crippen LogP contribution in [0.3, 0.4) is 0 Å². The SMILES string of the molecule is CC(C)[C@@H](NC(=O)[C@H](C)NC(=O)OC(C)(C)C)C(=O)c1ccccc1. The van der Waals surface area contributed by atoms with Crippen LogP contribution in [0.25, 0.3) is 0 Å². The van der Waals surface area contributed by atoms with E-state index in [2.05, 4.69) is 10.6 Å².